The molecule has 0 saturated heterocycles. The van der Waals surface area contributed by atoms with Crippen molar-refractivity contribution in [1.82, 2.24) is 9.13 Å². The largest absolute Gasteiger partial charge is 0.480 e. The second-order valence-electron chi connectivity index (χ2n) is 6.28. The van der Waals surface area contributed by atoms with Crippen molar-refractivity contribution in [2.45, 2.75) is 33.0 Å². The number of carbonyl (C=O) groups is 1. The van der Waals surface area contributed by atoms with Crippen molar-refractivity contribution in [3.8, 4) is 0 Å². The fraction of sp³-hybridized carbons (Fsp3) is 0.316. The van der Waals surface area contributed by atoms with Crippen molar-refractivity contribution in [3.05, 3.63) is 67.2 Å². The number of nitrogens with zero attached hydrogens (tertiary/aromatic N) is 2. The number of benzene rings is 1. The molecule has 0 radical (unpaired) electrons. The molecule has 2 aromatic heterocycles. The molecule has 0 aliphatic rings. The van der Waals surface area contributed by atoms with Crippen molar-refractivity contribution in [1.29, 1.82) is 0 Å². The molecule has 0 aliphatic heterocycles. The van der Waals surface area contributed by atoms with E-state index in [-0.39, 0.29) is 6.54 Å². The second kappa shape index (κ2) is 7.50. The highest BCUT2D eigenvalue weighted by atomic mass is 32.1. The van der Waals surface area contributed by atoms with Gasteiger partial charge in [-0.25, -0.2) is 9.36 Å². The minimum atomic E-state index is -1.24. The van der Waals surface area contributed by atoms with Gasteiger partial charge in [0.2, 0.25) is 0 Å². The van der Waals surface area contributed by atoms with Gasteiger partial charge in [-0.2, -0.15) is 0 Å². The van der Waals surface area contributed by atoms with Crippen LogP contribution in [0.4, 0.5) is 0 Å². The normalized spacial score (nSPS) is 12.4. The fourth-order valence-electron chi connectivity index (χ4n) is 3.09. The number of carboxylic acids is 1. The number of carboxylic acid groups (broad SMARTS) is 1. The molecule has 1 unspecified atom stereocenters. The van der Waals surface area contributed by atoms with E-state index in [1.165, 1.54) is 15.9 Å². The maximum absolute atomic E-state index is 13.0. The summed E-state index contributed by atoms with van der Waals surface area (Å²) < 4.78 is 7.80. The molecule has 1 N–H and O–H groups in total. The topological polar surface area (TPSA) is 90.5 Å². The summed E-state index contributed by atoms with van der Waals surface area (Å²) in [7, 11) is 1.55. The summed E-state index contributed by atoms with van der Waals surface area (Å²) in [5.41, 5.74) is 0.445. The minimum absolute atomic E-state index is 0.176. The smallest absolute Gasteiger partial charge is 0.332 e. The van der Waals surface area contributed by atoms with Crippen LogP contribution in [0.1, 0.15) is 22.1 Å². The Morgan fingerprint density at radius 3 is 2.44 bits per heavy atom. The quantitative estimate of drug-likeness (QED) is 0.700. The first-order valence-corrected chi connectivity index (χ1v) is 9.19. The standard InChI is InChI=1S/C19H20N2O5S/c1-11-12(2)27-18-16(11)17(24)20(10-15(22)23)19(25)21(18)9-14(26-3)13-7-5-4-6-8-13/h4-8,14H,9-10H2,1-3H3,(H,22,23). The number of fused-ring (bicyclic) bond motifs is 1. The number of ether oxygens (including phenoxy) is 1. The lowest BCUT2D eigenvalue weighted by Crippen LogP contribution is -2.42. The predicted molar refractivity (Wildman–Crippen MR) is 104 cm³/mol. The molecule has 1 aromatic carbocycles. The average molecular weight is 388 g/mol. The maximum Gasteiger partial charge on any atom is 0.332 e. The van der Waals surface area contributed by atoms with Crippen molar-refractivity contribution in [3.63, 3.8) is 0 Å². The second-order valence-corrected chi connectivity index (χ2v) is 7.48. The van der Waals surface area contributed by atoms with Crippen LogP contribution in [0.3, 0.4) is 0 Å². The van der Waals surface area contributed by atoms with Crippen molar-refractivity contribution >= 4 is 27.5 Å². The number of rotatable bonds is 6. The van der Waals surface area contributed by atoms with E-state index in [4.69, 9.17) is 9.84 Å². The highest BCUT2D eigenvalue weighted by Gasteiger charge is 2.22. The predicted octanol–water partition coefficient (Wildman–Crippen LogP) is 2.31. The van der Waals surface area contributed by atoms with E-state index in [2.05, 4.69) is 0 Å². The molecule has 27 heavy (non-hydrogen) atoms. The van der Waals surface area contributed by atoms with Crippen LogP contribution in [-0.2, 0) is 22.6 Å². The zero-order valence-corrected chi connectivity index (χ0v) is 16.1. The summed E-state index contributed by atoms with van der Waals surface area (Å²) >= 11 is 1.36. The molecule has 142 valence electrons. The number of aryl methyl sites for hydroxylation is 2. The molecule has 0 saturated carbocycles. The van der Waals surface area contributed by atoms with Gasteiger partial charge < -0.3 is 9.84 Å². The van der Waals surface area contributed by atoms with E-state index in [1.54, 1.807) is 14.0 Å². The van der Waals surface area contributed by atoms with Gasteiger partial charge >= 0.3 is 11.7 Å². The summed E-state index contributed by atoms with van der Waals surface area (Å²) in [6.07, 6.45) is -0.411. The summed E-state index contributed by atoms with van der Waals surface area (Å²) in [5, 5.41) is 9.52. The molecule has 0 fully saturated rings. The number of hydrogen-bond acceptors (Lipinski definition) is 5. The van der Waals surface area contributed by atoms with Gasteiger partial charge in [0.1, 0.15) is 17.5 Å². The summed E-state index contributed by atoms with van der Waals surface area (Å²) in [4.78, 5) is 38.4. The Morgan fingerprint density at radius 1 is 1.19 bits per heavy atom. The zero-order chi connectivity index (χ0) is 19.7. The van der Waals surface area contributed by atoms with E-state index in [0.29, 0.717) is 10.2 Å². The third-order valence-electron chi connectivity index (χ3n) is 4.63. The molecule has 0 bridgehead atoms. The van der Waals surface area contributed by atoms with Crippen molar-refractivity contribution < 1.29 is 14.6 Å². The van der Waals surface area contributed by atoms with Gasteiger partial charge in [-0.05, 0) is 25.0 Å². The van der Waals surface area contributed by atoms with E-state index >= 15 is 0 Å². The Kier molecular flexibility index (Phi) is 5.29. The number of aliphatic carboxylic acids is 1. The van der Waals surface area contributed by atoms with Crippen LogP contribution in [0, 0.1) is 13.8 Å². The molecule has 3 rings (SSSR count). The minimum Gasteiger partial charge on any atom is -0.480 e. The van der Waals surface area contributed by atoms with Crippen molar-refractivity contribution in [2.75, 3.05) is 7.11 Å². The fourth-order valence-corrected chi connectivity index (χ4v) is 4.24. The summed E-state index contributed by atoms with van der Waals surface area (Å²) in [6, 6.07) is 9.44. The van der Waals surface area contributed by atoms with E-state index in [1.807, 2.05) is 37.3 Å². The monoisotopic (exact) mass is 388 g/mol. The molecule has 7 nitrogen and oxygen atoms in total. The molecule has 8 heteroatoms. The molecule has 1 atom stereocenters. The number of thiophene rings is 1. The van der Waals surface area contributed by atoms with Gasteiger partial charge in [0.15, 0.2) is 0 Å². The van der Waals surface area contributed by atoms with Crippen LogP contribution in [-0.4, -0.2) is 27.3 Å². The van der Waals surface area contributed by atoms with Gasteiger partial charge in [0.25, 0.3) is 5.56 Å². The van der Waals surface area contributed by atoms with Crippen LogP contribution in [0.5, 0.6) is 0 Å². The lowest BCUT2D eigenvalue weighted by Gasteiger charge is -2.18. The van der Waals surface area contributed by atoms with Crippen LogP contribution in [0.2, 0.25) is 0 Å². The molecular weight excluding hydrogens is 368 g/mol. The van der Waals surface area contributed by atoms with Crippen molar-refractivity contribution in [2.24, 2.45) is 0 Å². The Balaban J connectivity index is 2.25. The van der Waals surface area contributed by atoms with E-state index < -0.39 is 29.9 Å². The van der Waals surface area contributed by atoms with Gasteiger partial charge in [-0.3, -0.25) is 14.2 Å². The third-order valence-corrected chi connectivity index (χ3v) is 5.86. The lowest BCUT2D eigenvalue weighted by atomic mass is 10.1. The molecule has 2 heterocycles. The lowest BCUT2D eigenvalue weighted by molar-refractivity contribution is -0.137. The molecule has 0 amide bonds. The molecule has 0 aliphatic carbocycles. The number of methoxy groups -OCH3 is 1. The first kappa shape index (κ1) is 19.1. The zero-order valence-electron chi connectivity index (χ0n) is 15.3. The Morgan fingerprint density at radius 2 is 1.85 bits per heavy atom. The molecule has 3 aromatic rings. The van der Waals surface area contributed by atoms with Gasteiger partial charge in [0.05, 0.1) is 11.9 Å². The SMILES string of the molecule is COC(Cn1c(=O)n(CC(=O)O)c(=O)c2c(C)c(C)sc21)c1ccccc1. The average Bonchev–Trinajstić information content (AvgIpc) is 2.94. The maximum atomic E-state index is 13.0. The van der Waals surface area contributed by atoms with Crippen LogP contribution >= 0.6 is 11.3 Å². The van der Waals surface area contributed by atoms with E-state index in [0.717, 1.165) is 20.6 Å². The van der Waals surface area contributed by atoms with Crippen LogP contribution < -0.4 is 11.2 Å². The van der Waals surface area contributed by atoms with Gasteiger partial charge in [-0.15, -0.1) is 11.3 Å². The Labute approximate surface area is 159 Å². The first-order valence-electron chi connectivity index (χ1n) is 8.38. The summed E-state index contributed by atoms with van der Waals surface area (Å²) in [5.74, 6) is -1.24. The first-order chi connectivity index (χ1) is 12.8. The highest BCUT2D eigenvalue weighted by Crippen LogP contribution is 2.28. The molecular formula is C19H20N2O5S. The van der Waals surface area contributed by atoms with Crippen LogP contribution in [0.25, 0.3) is 10.2 Å². The Bertz CT molecular complexity index is 1110. The Hall–Kier alpha value is -2.71. The van der Waals surface area contributed by atoms with Gasteiger partial charge in [-0.1, -0.05) is 30.3 Å². The number of aromatic nitrogens is 2. The number of hydrogen-bond donors (Lipinski definition) is 1. The summed E-state index contributed by atoms with van der Waals surface area (Å²) in [6.45, 7) is 3.18. The van der Waals surface area contributed by atoms with E-state index in [9.17, 15) is 14.4 Å². The van der Waals surface area contributed by atoms with Crippen LogP contribution in [0.15, 0.2) is 39.9 Å². The molecule has 0 spiro atoms. The third kappa shape index (κ3) is 3.45. The highest BCUT2D eigenvalue weighted by molar-refractivity contribution is 7.18. The van der Waals surface area contributed by atoms with Gasteiger partial charge in [0, 0.05) is 12.0 Å².